The van der Waals surface area contributed by atoms with Crippen LogP contribution in [0.25, 0.3) is 56.1 Å². The number of nitrogens with zero attached hydrogens (tertiary/aromatic N) is 6. The molecule has 0 aliphatic carbocycles. The second kappa shape index (κ2) is 12.2. The van der Waals surface area contributed by atoms with E-state index >= 15 is 0 Å². The maximum Gasteiger partial charge on any atom is 0.224 e. The molecule has 11 nitrogen and oxygen atoms in total. The van der Waals surface area contributed by atoms with Crippen LogP contribution in [0.4, 0.5) is 15.8 Å². The molecule has 0 aliphatic heterocycles. The van der Waals surface area contributed by atoms with Gasteiger partial charge in [0.15, 0.2) is 11.5 Å². The minimum absolute atomic E-state index is 0.0618. The first-order valence-corrected chi connectivity index (χ1v) is 14.4. The van der Waals surface area contributed by atoms with Gasteiger partial charge >= 0.3 is 0 Å². The van der Waals surface area contributed by atoms with Crippen LogP contribution in [0, 0.1) is 11.7 Å². The van der Waals surface area contributed by atoms with E-state index in [9.17, 15) is 9.18 Å². The molecule has 6 aromatic rings. The van der Waals surface area contributed by atoms with Crippen LogP contribution in [0.15, 0.2) is 61.1 Å². The average molecular weight is 593 g/mol. The number of rotatable bonds is 10. The zero-order valence-electron chi connectivity index (χ0n) is 24.9. The van der Waals surface area contributed by atoms with Crippen molar-refractivity contribution in [1.82, 2.24) is 40.0 Å². The van der Waals surface area contributed by atoms with Gasteiger partial charge in [0.05, 0.1) is 34.3 Å². The molecule has 0 radical (unpaired) electrons. The van der Waals surface area contributed by atoms with E-state index < -0.39 is 0 Å². The van der Waals surface area contributed by atoms with Crippen LogP contribution in [-0.2, 0) is 4.79 Å². The standard InChI is InChI=1S/C32H33FN10O/c1-18(2)11-27(44)37-23-14-20(16-34-17-23)24-5-6-26-30(38-24)31(42-41-26)32-39-25-7-8-36-28(29(25)40-32)19-12-21(33)15-22(13-19)35-9-10-43(3)4/h5-8,12-18,35H,9-11H2,1-4H3,(H,37,44)(H,39,40)(H,41,42). The fraction of sp³-hybridized carbons (Fsp3) is 0.250. The Morgan fingerprint density at radius 2 is 1.77 bits per heavy atom. The van der Waals surface area contributed by atoms with Crippen molar-refractivity contribution in [3.05, 3.63) is 66.9 Å². The lowest BCUT2D eigenvalue weighted by Gasteiger charge is -2.12. The smallest absolute Gasteiger partial charge is 0.224 e. The summed E-state index contributed by atoms with van der Waals surface area (Å²) in [4.78, 5) is 36.3. The number of carbonyl (C=O) groups excluding carboxylic acids is 1. The zero-order chi connectivity index (χ0) is 30.8. The monoisotopic (exact) mass is 592 g/mol. The fourth-order valence-electron chi connectivity index (χ4n) is 4.97. The molecule has 6 rings (SSSR count). The van der Waals surface area contributed by atoms with Crippen molar-refractivity contribution in [3.8, 4) is 34.0 Å². The second-order valence-corrected chi connectivity index (χ2v) is 11.4. The van der Waals surface area contributed by atoms with Crippen molar-refractivity contribution in [2.24, 2.45) is 5.92 Å². The summed E-state index contributed by atoms with van der Waals surface area (Å²) in [5.74, 6) is 0.325. The molecular formula is C32H33FN10O. The maximum atomic E-state index is 14.7. The van der Waals surface area contributed by atoms with Crippen LogP contribution < -0.4 is 10.6 Å². The van der Waals surface area contributed by atoms with Gasteiger partial charge in [0.25, 0.3) is 0 Å². The molecule has 0 unspecified atom stereocenters. The van der Waals surface area contributed by atoms with Crippen LogP contribution in [0.1, 0.15) is 20.3 Å². The second-order valence-electron chi connectivity index (χ2n) is 11.4. The molecule has 0 saturated heterocycles. The van der Waals surface area contributed by atoms with E-state index in [1.807, 2.05) is 58.3 Å². The number of pyridine rings is 3. The lowest BCUT2D eigenvalue weighted by atomic mass is 10.1. The first-order valence-electron chi connectivity index (χ1n) is 14.4. The van der Waals surface area contributed by atoms with Gasteiger partial charge in [-0.05, 0) is 62.5 Å². The molecule has 5 aromatic heterocycles. The van der Waals surface area contributed by atoms with Crippen molar-refractivity contribution >= 4 is 39.3 Å². The number of nitrogens with one attached hydrogen (secondary N) is 4. The third-order valence-corrected chi connectivity index (χ3v) is 7.00. The molecule has 0 fully saturated rings. The summed E-state index contributed by atoms with van der Waals surface area (Å²) in [6, 6.07) is 12.2. The highest BCUT2D eigenvalue weighted by Crippen LogP contribution is 2.32. The quantitative estimate of drug-likeness (QED) is 0.158. The Balaban J connectivity index is 1.33. The Labute approximate surface area is 253 Å². The molecule has 224 valence electrons. The number of likely N-dealkylation sites (N-methyl/N-ethyl adjacent to an activating group) is 1. The Morgan fingerprint density at radius 3 is 2.59 bits per heavy atom. The Bertz CT molecular complexity index is 1960. The van der Waals surface area contributed by atoms with Gasteiger partial charge in [0, 0.05) is 48.7 Å². The summed E-state index contributed by atoms with van der Waals surface area (Å²) >= 11 is 0. The molecule has 44 heavy (non-hydrogen) atoms. The van der Waals surface area contributed by atoms with Crippen LogP contribution in [0.3, 0.4) is 0 Å². The Kier molecular flexibility index (Phi) is 7.99. The van der Waals surface area contributed by atoms with Gasteiger partial charge in [-0.2, -0.15) is 5.10 Å². The molecule has 0 atom stereocenters. The minimum atomic E-state index is -0.363. The molecule has 0 saturated carbocycles. The van der Waals surface area contributed by atoms with Gasteiger partial charge in [0.2, 0.25) is 5.91 Å². The number of benzene rings is 1. The van der Waals surface area contributed by atoms with Gasteiger partial charge in [-0.25, -0.2) is 14.4 Å². The summed E-state index contributed by atoms with van der Waals surface area (Å²) < 4.78 is 14.7. The molecular weight excluding hydrogens is 559 g/mol. The minimum Gasteiger partial charge on any atom is -0.384 e. The van der Waals surface area contributed by atoms with Crippen molar-refractivity contribution in [2.45, 2.75) is 20.3 Å². The molecule has 1 aromatic carbocycles. The number of aromatic nitrogens is 7. The summed E-state index contributed by atoms with van der Waals surface area (Å²) in [5, 5.41) is 13.7. The highest BCUT2D eigenvalue weighted by atomic mass is 19.1. The highest BCUT2D eigenvalue weighted by molar-refractivity contribution is 5.95. The zero-order valence-corrected chi connectivity index (χ0v) is 24.9. The first-order chi connectivity index (χ1) is 21.2. The van der Waals surface area contributed by atoms with Crippen LogP contribution in [0.2, 0.25) is 0 Å². The third-order valence-electron chi connectivity index (χ3n) is 7.00. The molecule has 0 aliphatic rings. The number of hydrogen-bond donors (Lipinski definition) is 4. The maximum absolute atomic E-state index is 14.7. The highest BCUT2D eigenvalue weighted by Gasteiger charge is 2.18. The molecule has 0 bridgehead atoms. The van der Waals surface area contributed by atoms with E-state index in [0.717, 1.165) is 23.1 Å². The van der Waals surface area contributed by atoms with E-state index in [1.165, 1.54) is 12.1 Å². The number of carbonyl (C=O) groups is 1. The molecule has 12 heteroatoms. The van der Waals surface area contributed by atoms with Crippen molar-refractivity contribution in [3.63, 3.8) is 0 Å². The summed E-state index contributed by atoms with van der Waals surface area (Å²) in [6.07, 6.45) is 5.41. The van der Waals surface area contributed by atoms with Crippen molar-refractivity contribution in [2.75, 3.05) is 37.8 Å². The van der Waals surface area contributed by atoms with E-state index in [4.69, 9.17) is 9.97 Å². The molecule has 4 N–H and O–H groups in total. The largest absolute Gasteiger partial charge is 0.384 e. The third kappa shape index (κ3) is 6.25. The number of hydrogen-bond acceptors (Lipinski definition) is 8. The normalized spacial score (nSPS) is 11.6. The summed E-state index contributed by atoms with van der Waals surface area (Å²) in [6.45, 7) is 5.48. The number of aromatic amines is 2. The fourth-order valence-corrected chi connectivity index (χ4v) is 4.97. The number of imidazole rings is 1. The SMILES string of the molecule is CC(C)CC(=O)Nc1cncc(-c2ccc3[nH]nc(-c4nc5c(-c6cc(F)cc(NCCN(C)C)c6)nccc5[nH]4)c3n2)c1. The van der Waals surface area contributed by atoms with Gasteiger partial charge in [0.1, 0.15) is 16.9 Å². The number of anilines is 2. The number of halogens is 1. The van der Waals surface area contributed by atoms with Crippen LogP contribution in [-0.4, -0.2) is 73.1 Å². The van der Waals surface area contributed by atoms with Crippen LogP contribution >= 0.6 is 0 Å². The summed E-state index contributed by atoms with van der Waals surface area (Å²) in [7, 11) is 3.98. The Morgan fingerprint density at radius 1 is 0.955 bits per heavy atom. The van der Waals surface area contributed by atoms with Gasteiger partial charge < -0.3 is 20.5 Å². The van der Waals surface area contributed by atoms with E-state index in [-0.39, 0.29) is 17.6 Å². The van der Waals surface area contributed by atoms with Gasteiger partial charge in [-0.15, -0.1) is 0 Å². The van der Waals surface area contributed by atoms with Crippen molar-refractivity contribution < 1.29 is 9.18 Å². The predicted octanol–water partition coefficient (Wildman–Crippen LogP) is 5.72. The van der Waals surface area contributed by atoms with Crippen LogP contribution in [0.5, 0.6) is 0 Å². The Hall–Kier alpha value is -5.23. The topological polar surface area (TPSA) is 140 Å². The van der Waals surface area contributed by atoms with E-state index in [2.05, 4.69) is 40.7 Å². The van der Waals surface area contributed by atoms with Gasteiger partial charge in [-0.3, -0.25) is 19.9 Å². The number of H-pyrrole nitrogens is 2. The lowest BCUT2D eigenvalue weighted by Crippen LogP contribution is -2.20. The molecule has 0 spiro atoms. The van der Waals surface area contributed by atoms with Gasteiger partial charge in [-0.1, -0.05) is 13.8 Å². The van der Waals surface area contributed by atoms with Crippen molar-refractivity contribution in [1.29, 1.82) is 0 Å². The average Bonchev–Trinajstić information content (AvgIpc) is 3.60. The predicted molar refractivity (Wildman–Crippen MR) is 171 cm³/mol. The van der Waals surface area contributed by atoms with E-state index in [0.29, 0.717) is 63.8 Å². The molecule has 1 amide bonds. The first kappa shape index (κ1) is 28.9. The number of fused-ring (bicyclic) bond motifs is 2. The lowest BCUT2D eigenvalue weighted by molar-refractivity contribution is -0.116. The van der Waals surface area contributed by atoms with E-state index in [1.54, 1.807) is 18.6 Å². The number of amides is 1. The molecule has 5 heterocycles. The summed E-state index contributed by atoms with van der Waals surface area (Å²) in [5.41, 5.74) is 7.06.